The van der Waals surface area contributed by atoms with E-state index >= 15 is 0 Å². The molecule has 0 bridgehead atoms. The van der Waals surface area contributed by atoms with Crippen LogP contribution in [0, 0.1) is 0 Å². The summed E-state index contributed by atoms with van der Waals surface area (Å²) >= 11 is 0. The van der Waals surface area contributed by atoms with E-state index in [1.807, 2.05) is 97.2 Å². The summed E-state index contributed by atoms with van der Waals surface area (Å²) in [6.45, 7) is 5.90. The van der Waals surface area contributed by atoms with Crippen molar-refractivity contribution in [1.82, 2.24) is 4.98 Å². The number of rotatable bonds is 0. The highest BCUT2D eigenvalue weighted by atomic mass is 16.6. The Morgan fingerprint density at radius 2 is 0.862 bits per heavy atom. The van der Waals surface area contributed by atoms with Gasteiger partial charge in [-0.2, -0.15) is 0 Å². The van der Waals surface area contributed by atoms with Crippen molar-refractivity contribution in [2.24, 2.45) is 0 Å². The Balaban J connectivity index is 0.000000106. The molecule has 6 aromatic carbocycles. The molecule has 0 saturated carbocycles. The Morgan fingerprint density at radius 1 is 0.345 bits per heavy atom. The van der Waals surface area contributed by atoms with Crippen LogP contribution in [0.15, 0.2) is 158 Å². The molecule has 0 amide bonds. The van der Waals surface area contributed by atoms with E-state index in [9.17, 15) is 0 Å². The van der Waals surface area contributed by atoms with E-state index in [1.54, 1.807) is 0 Å². The predicted molar refractivity (Wildman–Crippen MR) is 235 cm³/mol. The van der Waals surface area contributed by atoms with Crippen LogP contribution < -0.4 is 34.3 Å². The molecular formula is C50H53N3O5. The normalized spacial score (nSPS) is 14.3. The van der Waals surface area contributed by atoms with Crippen molar-refractivity contribution >= 4 is 22.3 Å². The highest BCUT2D eigenvalue weighted by molar-refractivity contribution is 5.78. The molecule has 12 rings (SSSR count). The molecule has 0 unspecified atom stereocenters. The number of ether oxygens (including phenoxy) is 5. The highest BCUT2D eigenvalue weighted by Crippen LogP contribution is 2.29. The standard InChI is InChI=1S/C9H11N.C9H10O.C8H9NO.C8H7N.C8H8O2.C8H8O/c2*1-2-6-9-8(4-1)5-3-7-10-9;1-2-4-8-7(3-1)9-5-6-10-8;1-2-4-8-7(3-1)5-6-9-8;1-2-4-8-7(3-1)9-5-6-10-8;1-2-4-8-7(3-1)5-6-9-8/h1-2,4,6,10H,3,5,7H2;1-2,4,6H,3,5,7H2;1-4,9H,5-6H2;1-6,9H;1-4H,5-6H2;1-4H,5-6H2. The molecular weight excluding hydrogens is 723 g/mol. The number of hydrogen-bond donors (Lipinski definition) is 3. The van der Waals surface area contributed by atoms with Crippen LogP contribution in [0.4, 0.5) is 11.4 Å². The maximum atomic E-state index is 5.42. The molecule has 8 heteroatoms. The van der Waals surface area contributed by atoms with E-state index < -0.39 is 0 Å². The van der Waals surface area contributed by atoms with Crippen molar-refractivity contribution in [3.05, 3.63) is 175 Å². The van der Waals surface area contributed by atoms with Gasteiger partial charge in [0, 0.05) is 36.9 Å². The third-order valence-electron chi connectivity index (χ3n) is 9.85. The topological polar surface area (TPSA) is 86.0 Å². The number of para-hydroxylation sites is 8. The van der Waals surface area contributed by atoms with Gasteiger partial charge in [0.1, 0.15) is 37.1 Å². The van der Waals surface area contributed by atoms with Gasteiger partial charge in [-0.15, -0.1) is 0 Å². The number of nitrogens with one attached hydrogen (secondary N) is 3. The molecule has 0 fully saturated rings. The average molecular weight is 776 g/mol. The molecule has 1 aromatic heterocycles. The molecule has 0 atom stereocenters. The lowest BCUT2D eigenvalue weighted by atomic mass is 10.0. The smallest absolute Gasteiger partial charge is 0.161 e. The molecule has 5 aliphatic rings. The number of anilines is 2. The SMILES string of the molecule is c1ccc2[nH]ccc2c1.c1ccc2c(c1)CCCN2.c1ccc2c(c1)CCCO2.c1ccc2c(c1)CCO2.c1ccc2c(c1)NCCO2.c1ccc2c(c1)OCCO2. The summed E-state index contributed by atoms with van der Waals surface area (Å²) < 4.78 is 26.7. The molecule has 0 spiro atoms. The molecule has 298 valence electrons. The number of aromatic nitrogens is 1. The number of benzene rings is 6. The van der Waals surface area contributed by atoms with E-state index in [4.69, 9.17) is 23.7 Å². The molecule has 3 N–H and O–H groups in total. The van der Waals surface area contributed by atoms with Crippen LogP contribution in [0.1, 0.15) is 29.5 Å². The number of fused-ring (bicyclic) bond motifs is 6. The van der Waals surface area contributed by atoms with Crippen LogP contribution in [0.25, 0.3) is 10.9 Å². The molecule has 0 aliphatic carbocycles. The van der Waals surface area contributed by atoms with E-state index in [2.05, 4.69) is 76.3 Å². The second-order valence-electron chi connectivity index (χ2n) is 13.9. The first kappa shape index (κ1) is 39.7. The fourth-order valence-electron chi connectivity index (χ4n) is 6.90. The van der Waals surface area contributed by atoms with Gasteiger partial charge in [0.2, 0.25) is 0 Å². The zero-order valence-electron chi connectivity index (χ0n) is 33.0. The highest BCUT2D eigenvalue weighted by Gasteiger charge is 2.10. The van der Waals surface area contributed by atoms with Gasteiger partial charge in [0.05, 0.1) is 18.9 Å². The lowest BCUT2D eigenvalue weighted by Gasteiger charge is -2.17. The molecule has 58 heavy (non-hydrogen) atoms. The molecule has 0 saturated heterocycles. The number of aromatic amines is 1. The maximum Gasteiger partial charge on any atom is 0.161 e. The number of aryl methyl sites for hydroxylation is 2. The van der Waals surface area contributed by atoms with Crippen LogP contribution in [-0.2, 0) is 19.3 Å². The van der Waals surface area contributed by atoms with Crippen molar-refractivity contribution in [1.29, 1.82) is 0 Å². The van der Waals surface area contributed by atoms with Crippen LogP contribution in [0.5, 0.6) is 28.7 Å². The van der Waals surface area contributed by atoms with E-state index in [-0.39, 0.29) is 0 Å². The minimum atomic E-state index is 0.664. The first-order valence-corrected chi connectivity index (χ1v) is 20.4. The van der Waals surface area contributed by atoms with Crippen LogP contribution in [0.2, 0.25) is 0 Å². The van der Waals surface area contributed by atoms with Crippen molar-refractivity contribution in [3.63, 3.8) is 0 Å². The fourth-order valence-corrected chi connectivity index (χ4v) is 6.90. The summed E-state index contributed by atoms with van der Waals surface area (Å²) in [5, 5.41) is 7.88. The average Bonchev–Trinajstić information content (AvgIpc) is 4.01. The van der Waals surface area contributed by atoms with E-state index in [0.29, 0.717) is 13.2 Å². The summed E-state index contributed by atoms with van der Waals surface area (Å²) in [6.07, 6.45) is 7.88. The third-order valence-corrected chi connectivity index (χ3v) is 9.85. The second kappa shape index (κ2) is 21.7. The summed E-state index contributed by atoms with van der Waals surface area (Å²) in [4.78, 5) is 3.12. The van der Waals surface area contributed by atoms with Gasteiger partial charge in [-0.25, -0.2) is 0 Å². The number of hydrogen-bond acceptors (Lipinski definition) is 7. The van der Waals surface area contributed by atoms with Crippen molar-refractivity contribution in [3.8, 4) is 28.7 Å². The number of H-pyrrole nitrogens is 1. The quantitative estimate of drug-likeness (QED) is 0.141. The molecule has 7 aromatic rings. The minimum Gasteiger partial charge on any atom is -0.493 e. The second-order valence-corrected chi connectivity index (χ2v) is 13.9. The molecule has 0 radical (unpaired) electrons. The van der Waals surface area contributed by atoms with Gasteiger partial charge in [-0.05, 0) is 102 Å². The molecule has 8 nitrogen and oxygen atoms in total. The Labute approximate surface area is 342 Å². The molecule has 5 aliphatic heterocycles. The van der Waals surface area contributed by atoms with E-state index in [1.165, 1.54) is 52.5 Å². The van der Waals surface area contributed by atoms with Gasteiger partial charge >= 0.3 is 0 Å². The first-order chi connectivity index (χ1) is 28.8. The summed E-state index contributed by atoms with van der Waals surface area (Å²) in [5.74, 6) is 4.82. The van der Waals surface area contributed by atoms with Gasteiger partial charge < -0.3 is 39.3 Å². The van der Waals surface area contributed by atoms with Gasteiger partial charge in [0.15, 0.2) is 11.5 Å². The summed E-state index contributed by atoms with van der Waals surface area (Å²) in [5.41, 5.74) is 7.81. The fraction of sp³-hybridized carbons (Fsp3) is 0.240. The van der Waals surface area contributed by atoms with E-state index in [0.717, 1.165) is 80.2 Å². The molecule has 6 heterocycles. The lowest BCUT2D eigenvalue weighted by molar-refractivity contribution is 0.171. The van der Waals surface area contributed by atoms with Gasteiger partial charge in [-0.1, -0.05) is 97.1 Å². The summed E-state index contributed by atoms with van der Waals surface area (Å²) in [7, 11) is 0. The van der Waals surface area contributed by atoms with Crippen molar-refractivity contribution < 1.29 is 23.7 Å². The van der Waals surface area contributed by atoms with Crippen LogP contribution in [0.3, 0.4) is 0 Å². The van der Waals surface area contributed by atoms with Gasteiger partial charge in [0.25, 0.3) is 0 Å². The monoisotopic (exact) mass is 775 g/mol. The Bertz CT molecular complexity index is 1930. The van der Waals surface area contributed by atoms with Gasteiger partial charge in [-0.3, -0.25) is 0 Å². The Hall–Kier alpha value is -6.54. The van der Waals surface area contributed by atoms with Crippen molar-refractivity contribution in [2.45, 2.75) is 32.1 Å². The van der Waals surface area contributed by atoms with Crippen LogP contribution in [-0.4, -0.2) is 51.1 Å². The largest absolute Gasteiger partial charge is 0.493 e. The first-order valence-electron chi connectivity index (χ1n) is 20.4. The Morgan fingerprint density at radius 3 is 1.53 bits per heavy atom. The third kappa shape index (κ3) is 11.7. The lowest BCUT2D eigenvalue weighted by Crippen LogP contribution is -2.17. The predicted octanol–water partition coefficient (Wildman–Crippen LogP) is 10.8. The van der Waals surface area contributed by atoms with Crippen LogP contribution >= 0.6 is 0 Å². The zero-order chi connectivity index (χ0) is 39.5. The summed E-state index contributed by atoms with van der Waals surface area (Å²) in [6, 6.07) is 50.9. The zero-order valence-corrected chi connectivity index (χ0v) is 33.0. The van der Waals surface area contributed by atoms with Crippen molar-refractivity contribution in [2.75, 3.05) is 56.8 Å². The maximum absolute atomic E-state index is 5.42. The Kier molecular flexibility index (Phi) is 14.8. The minimum absolute atomic E-state index is 0.664.